The van der Waals surface area contributed by atoms with E-state index in [1.807, 2.05) is 0 Å². The molecule has 0 saturated heterocycles. The molecule has 0 aliphatic heterocycles. The van der Waals surface area contributed by atoms with Gasteiger partial charge >= 0.3 is 39.5 Å². The lowest BCUT2D eigenvalue weighted by Crippen LogP contribution is -2.30. The number of unbranched alkanes of at least 4 members (excludes halogenated alkanes) is 25. The average Bonchev–Trinajstić information content (AvgIpc) is 0.959. The predicted octanol–water partition coefficient (Wildman–Crippen LogP) is 22.9. The van der Waals surface area contributed by atoms with Crippen LogP contribution >= 0.6 is 15.6 Å². The van der Waals surface area contributed by atoms with Crippen LogP contribution in [0.25, 0.3) is 0 Å². The fourth-order valence-electron chi connectivity index (χ4n) is 10.2. The Labute approximate surface area is 618 Å². The SMILES string of the molecule is CC/C=C\C/C=C\C/C=C\C/C=C\CCCCCCC(=O)OCC(COP(=O)(O)OCC(O)COP(=O)(O)OCC(COC(=O)CCCC/C=C\C/C=C\C/C=C\C/C=C\CC)OC(=O)CCCCCCCCCCCCCCC)OC(=O)CCCCCCCCC/C=C\C/C=C\C/C=C\CC. The van der Waals surface area contributed by atoms with E-state index < -0.39 is 97.5 Å². The number of carbonyl (C=O) groups excluding carboxylic acids is 4. The molecule has 0 spiro atoms. The van der Waals surface area contributed by atoms with Gasteiger partial charge in [0.15, 0.2) is 12.2 Å². The zero-order valence-electron chi connectivity index (χ0n) is 63.7. The van der Waals surface area contributed by atoms with Gasteiger partial charge in [-0.1, -0.05) is 283 Å². The molecular weight excluding hydrogens is 1330 g/mol. The Morgan fingerprint density at radius 1 is 0.284 bits per heavy atom. The fourth-order valence-corrected chi connectivity index (χ4v) is 11.8. The van der Waals surface area contributed by atoms with Crippen molar-refractivity contribution < 1.29 is 80.2 Å². The molecule has 102 heavy (non-hydrogen) atoms. The number of ether oxygens (including phenoxy) is 4. The molecule has 5 atom stereocenters. The summed E-state index contributed by atoms with van der Waals surface area (Å²) in [5.41, 5.74) is 0. The van der Waals surface area contributed by atoms with Crippen LogP contribution in [-0.4, -0.2) is 96.7 Å². The smallest absolute Gasteiger partial charge is 0.462 e. The third-order valence-corrected chi connectivity index (χ3v) is 18.0. The maximum Gasteiger partial charge on any atom is 0.472 e. The number of aliphatic hydroxyl groups is 1. The van der Waals surface area contributed by atoms with Crippen molar-refractivity contribution in [1.29, 1.82) is 0 Å². The van der Waals surface area contributed by atoms with Gasteiger partial charge in [0.1, 0.15) is 19.3 Å². The second kappa shape index (κ2) is 74.5. The van der Waals surface area contributed by atoms with Gasteiger partial charge in [-0.3, -0.25) is 37.3 Å². The van der Waals surface area contributed by atoms with E-state index in [2.05, 4.69) is 161 Å². The summed E-state index contributed by atoms with van der Waals surface area (Å²) in [4.78, 5) is 73.0. The van der Waals surface area contributed by atoms with E-state index in [4.69, 9.17) is 37.0 Å². The summed E-state index contributed by atoms with van der Waals surface area (Å²) in [7, 11) is -9.98. The Kier molecular flexibility index (Phi) is 71.0. The first-order chi connectivity index (χ1) is 49.7. The second-order valence-corrected chi connectivity index (χ2v) is 28.8. The van der Waals surface area contributed by atoms with Crippen molar-refractivity contribution in [2.24, 2.45) is 0 Å². The molecule has 0 aromatic carbocycles. The second-order valence-electron chi connectivity index (χ2n) is 25.9. The maximum atomic E-state index is 13.1. The van der Waals surface area contributed by atoms with Crippen LogP contribution in [0, 0.1) is 0 Å². The van der Waals surface area contributed by atoms with E-state index in [0.717, 1.165) is 180 Å². The highest BCUT2D eigenvalue weighted by molar-refractivity contribution is 7.47. The minimum Gasteiger partial charge on any atom is -0.462 e. The highest BCUT2D eigenvalue weighted by Gasteiger charge is 2.30. The Hall–Kier alpha value is -4.80. The van der Waals surface area contributed by atoms with Gasteiger partial charge in [0.25, 0.3) is 0 Å². The van der Waals surface area contributed by atoms with Gasteiger partial charge in [0.2, 0.25) is 0 Å². The van der Waals surface area contributed by atoms with Crippen molar-refractivity contribution in [3.05, 3.63) is 134 Å². The van der Waals surface area contributed by atoms with Crippen LogP contribution in [0.15, 0.2) is 134 Å². The van der Waals surface area contributed by atoms with Gasteiger partial charge in [-0.15, -0.1) is 0 Å². The highest BCUT2D eigenvalue weighted by Crippen LogP contribution is 2.45. The number of carbonyl (C=O) groups is 4. The number of phosphoric acid groups is 2. The van der Waals surface area contributed by atoms with E-state index in [0.29, 0.717) is 25.7 Å². The third kappa shape index (κ3) is 73.5. The van der Waals surface area contributed by atoms with Gasteiger partial charge in [-0.2, -0.15) is 0 Å². The third-order valence-electron chi connectivity index (χ3n) is 16.1. The molecule has 3 N–H and O–H groups in total. The monoisotopic (exact) mass is 1470 g/mol. The van der Waals surface area contributed by atoms with E-state index in [1.54, 1.807) is 0 Å². The lowest BCUT2D eigenvalue weighted by Gasteiger charge is -2.21. The molecular formula is C83H140O17P2. The first-order valence-corrected chi connectivity index (χ1v) is 42.4. The van der Waals surface area contributed by atoms with Crippen molar-refractivity contribution in [3.8, 4) is 0 Å². The zero-order chi connectivity index (χ0) is 74.6. The summed E-state index contributed by atoms with van der Waals surface area (Å²) in [6.07, 6.45) is 82.9. The number of aliphatic hydroxyl groups excluding tert-OH is 1. The molecule has 5 unspecified atom stereocenters. The summed E-state index contributed by atoms with van der Waals surface area (Å²) in [5, 5.41) is 10.6. The van der Waals surface area contributed by atoms with Crippen LogP contribution in [0.4, 0.5) is 0 Å². The minimum absolute atomic E-state index is 0.0742. The van der Waals surface area contributed by atoms with Crippen LogP contribution in [-0.2, 0) is 65.4 Å². The molecule has 584 valence electrons. The molecule has 0 aromatic heterocycles. The van der Waals surface area contributed by atoms with Gasteiger partial charge in [-0.25, -0.2) is 9.13 Å². The quantitative estimate of drug-likeness (QED) is 0.0169. The highest BCUT2D eigenvalue weighted by atomic mass is 31.2. The number of hydrogen-bond acceptors (Lipinski definition) is 15. The molecule has 19 heteroatoms. The molecule has 0 aliphatic carbocycles. The van der Waals surface area contributed by atoms with Crippen molar-refractivity contribution in [2.75, 3.05) is 39.6 Å². The van der Waals surface area contributed by atoms with Gasteiger partial charge in [0, 0.05) is 25.7 Å². The van der Waals surface area contributed by atoms with Crippen molar-refractivity contribution in [1.82, 2.24) is 0 Å². The van der Waals surface area contributed by atoms with E-state index in [-0.39, 0.29) is 25.7 Å². The number of hydrogen-bond donors (Lipinski definition) is 3. The lowest BCUT2D eigenvalue weighted by atomic mass is 10.0. The minimum atomic E-state index is -4.99. The van der Waals surface area contributed by atoms with Gasteiger partial charge in [-0.05, 0) is 135 Å². The molecule has 0 bridgehead atoms. The van der Waals surface area contributed by atoms with Crippen molar-refractivity contribution in [3.63, 3.8) is 0 Å². The van der Waals surface area contributed by atoms with Crippen LogP contribution < -0.4 is 0 Å². The van der Waals surface area contributed by atoms with Crippen LogP contribution in [0.5, 0.6) is 0 Å². The topological polar surface area (TPSA) is 237 Å². The van der Waals surface area contributed by atoms with E-state index in [9.17, 15) is 43.2 Å². The first kappa shape index (κ1) is 97.2. The molecule has 0 saturated carbocycles. The van der Waals surface area contributed by atoms with Crippen LogP contribution in [0.3, 0.4) is 0 Å². The summed E-state index contributed by atoms with van der Waals surface area (Å²) >= 11 is 0. The Bertz CT molecular complexity index is 2460. The number of esters is 4. The molecule has 17 nitrogen and oxygen atoms in total. The Morgan fingerprint density at radius 3 is 0.804 bits per heavy atom. The molecule has 0 heterocycles. The standard InChI is InChI=1S/C83H140O17P2/c1-5-9-13-17-21-25-29-33-36-38-41-45-48-52-56-60-64-68-81(86)94-74-79(100-83(88)70-66-62-58-54-50-46-42-39-37-34-30-26-22-18-14-10-6-2)76-98-102(91,92)96-72-77(84)71-95-101(89,90)97-75-78(99-82(87)69-65-61-57-53-49-43-32-28-24-20-16-12-8-4)73-93-80(85)67-63-59-55-51-47-44-40-35-31-27-23-19-15-11-7-3/h9-11,13-15,21-23,25-27,33-37,40-41,45,47,51,77-79,84H,5-8,12,16-20,24,28-32,38-39,42-44,46,48-50,52-76H2,1-4H3,(H,89,90)(H,91,92)/b13-9-,14-10-,15-11-,25-21-,26-22-,27-23-,36-33-,37-34-,40-35-,45-41-,51-47-. The summed E-state index contributed by atoms with van der Waals surface area (Å²) in [6, 6.07) is 0. The molecule has 0 radical (unpaired) electrons. The number of phosphoric ester groups is 2. The van der Waals surface area contributed by atoms with E-state index in [1.165, 1.54) is 51.4 Å². The first-order valence-electron chi connectivity index (χ1n) is 39.4. The predicted molar refractivity (Wildman–Crippen MR) is 418 cm³/mol. The normalized spacial score (nSPS) is 14.6. The summed E-state index contributed by atoms with van der Waals surface area (Å²) in [5.74, 6) is -2.25. The largest absolute Gasteiger partial charge is 0.472 e. The zero-order valence-corrected chi connectivity index (χ0v) is 65.5. The van der Waals surface area contributed by atoms with Crippen molar-refractivity contribution in [2.45, 2.75) is 329 Å². The molecule has 0 aromatic rings. The number of rotatable bonds is 73. The summed E-state index contributed by atoms with van der Waals surface area (Å²) < 4.78 is 68.5. The Balaban J connectivity index is 5.41. The molecule has 0 aliphatic rings. The molecule has 0 fully saturated rings. The maximum absolute atomic E-state index is 13.1. The molecule has 0 rings (SSSR count). The van der Waals surface area contributed by atoms with Crippen LogP contribution in [0.2, 0.25) is 0 Å². The van der Waals surface area contributed by atoms with Crippen molar-refractivity contribution >= 4 is 39.5 Å². The fraction of sp³-hybridized carbons (Fsp3) is 0.687. The lowest BCUT2D eigenvalue weighted by molar-refractivity contribution is -0.161. The summed E-state index contributed by atoms with van der Waals surface area (Å²) in [6.45, 7) is 4.46. The Morgan fingerprint density at radius 2 is 0.510 bits per heavy atom. The van der Waals surface area contributed by atoms with E-state index >= 15 is 0 Å². The van der Waals surface area contributed by atoms with Gasteiger partial charge < -0.3 is 33.8 Å². The van der Waals surface area contributed by atoms with Gasteiger partial charge in [0.05, 0.1) is 26.4 Å². The average molecular weight is 1470 g/mol. The number of allylic oxidation sites excluding steroid dienone is 22. The molecule has 0 amide bonds. The van der Waals surface area contributed by atoms with Crippen LogP contribution in [0.1, 0.15) is 310 Å².